The van der Waals surface area contributed by atoms with Crippen molar-refractivity contribution in [2.75, 3.05) is 0 Å². The highest BCUT2D eigenvalue weighted by atomic mass is 16.5. The van der Waals surface area contributed by atoms with E-state index >= 15 is 0 Å². The molecule has 0 aliphatic carbocycles. The van der Waals surface area contributed by atoms with Crippen LogP contribution in [0, 0.1) is 5.92 Å². The predicted octanol–water partition coefficient (Wildman–Crippen LogP) is 0.200. The Hall–Kier alpha value is -2.11. The predicted molar refractivity (Wildman–Crippen MR) is 51.5 cm³/mol. The molecule has 86 valence electrons. The minimum atomic E-state index is -1.29. The number of hydrogen-bond donors (Lipinski definition) is 2. The number of ketones is 1. The van der Waals surface area contributed by atoms with E-state index in [1.54, 1.807) is 0 Å². The molecular weight excluding hydrogens is 216 g/mol. The van der Waals surface area contributed by atoms with E-state index in [9.17, 15) is 14.4 Å². The molecule has 2 atom stereocenters. The SMILES string of the molecule is C=CC(=O)C1OC=C1C(CC(=O)O)C(=O)O. The van der Waals surface area contributed by atoms with E-state index in [0.29, 0.717) is 0 Å². The molecule has 0 saturated carbocycles. The molecular formula is C10H10O6. The minimum Gasteiger partial charge on any atom is -0.485 e. The molecule has 1 aliphatic rings. The van der Waals surface area contributed by atoms with Crippen molar-refractivity contribution in [1.82, 2.24) is 0 Å². The van der Waals surface area contributed by atoms with Crippen LogP contribution < -0.4 is 0 Å². The molecule has 1 rings (SSSR count). The maximum Gasteiger partial charge on any atom is 0.311 e. The molecule has 0 saturated heterocycles. The topological polar surface area (TPSA) is 101 Å². The van der Waals surface area contributed by atoms with Gasteiger partial charge in [-0.1, -0.05) is 6.58 Å². The smallest absolute Gasteiger partial charge is 0.311 e. The van der Waals surface area contributed by atoms with E-state index in [-0.39, 0.29) is 5.57 Å². The number of ether oxygens (including phenoxy) is 1. The fraction of sp³-hybridized carbons (Fsp3) is 0.300. The second kappa shape index (κ2) is 4.61. The Kier molecular flexibility index (Phi) is 3.44. The van der Waals surface area contributed by atoms with Crippen molar-refractivity contribution in [3.63, 3.8) is 0 Å². The van der Waals surface area contributed by atoms with Gasteiger partial charge in [-0.3, -0.25) is 14.4 Å². The maximum absolute atomic E-state index is 11.2. The van der Waals surface area contributed by atoms with Crippen LogP contribution in [0.3, 0.4) is 0 Å². The number of carboxylic acid groups (broad SMARTS) is 2. The first kappa shape index (κ1) is 12.0. The molecule has 0 aromatic heterocycles. The lowest BCUT2D eigenvalue weighted by Crippen LogP contribution is -2.37. The summed E-state index contributed by atoms with van der Waals surface area (Å²) in [5, 5.41) is 17.4. The minimum absolute atomic E-state index is 0.166. The lowest BCUT2D eigenvalue weighted by molar-refractivity contribution is -0.148. The van der Waals surface area contributed by atoms with Gasteiger partial charge in [0.25, 0.3) is 0 Å². The van der Waals surface area contributed by atoms with Crippen LogP contribution in [0.4, 0.5) is 0 Å². The van der Waals surface area contributed by atoms with Gasteiger partial charge in [0.1, 0.15) is 0 Å². The van der Waals surface area contributed by atoms with E-state index in [4.69, 9.17) is 14.9 Å². The highest BCUT2D eigenvalue weighted by Gasteiger charge is 2.39. The average Bonchev–Trinajstić information content (AvgIpc) is 2.13. The quantitative estimate of drug-likeness (QED) is 0.627. The van der Waals surface area contributed by atoms with Gasteiger partial charge in [-0.15, -0.1) is 0 Å². The number of rotatable bonds is 6. The largest absolute Gasteiger partial charge is 0.485 e. The van der Waals surface area contributed by atoms with Gasteiger partial charge in [0.05, 0.1) is 18.6 Å². The summed E-state index contributed by atoms with van der Waals surface area (Å²) in [6, 6.07) is 0. The molecule has 6 nitrogen and oxygen atoms in total. The molecule has 0 fully saturated rings. The summed E-state index contributed by atoms with van der Waals surface area (Å²) in [5.41, 5.74) is 0.166. The van der Waals surface area contributed by atoms with Gasteiger partial charge >= 0.3 is 11.9 Å². The van der Waals surface area contributed by atoms with E-state index in [2.05, 4.69) is 6.58 Å². The van der Waals surface area contributed by atoms with Crippen LogP contribution >= 0.6 is 0 Å². The van der Waals surface area contributed by atoms with Crippen LogP contribution in [0.5, 0.6) is 0 Å². The number of carbonyl (C=O) groups is 3. The second-order valence-corrected chi connectivity index (χ2v) is 3.23. The molecule has 0 radical (unpaired) electrons. The van der Waals surface area contributed by atoms with Gasteiger partial charge < -0.3 is 14.9 Å². The van der Waals surface area contributed by atoms with Gasteiger partial charge in [-0.05, 0) is 6.08 Å². The van der Waals surface area contributed by atoms with Gasteiger partial charge in [0, 0.05) is 5.57 Å². The molecule has 0 aromatic rings. The molecule has 0 bridgehead atoms. The molecule has 16 heavy (non-hydrogen) atoms. The Morgan fingerprint density at radius 1 is 1.50 bits per heavy atom. The number of aliphatic carboxylic acids is 2. The zero-order valence-corrected chi connectivity index (χ0v) is 8.25. The third-order valence-electron chi connectivity index (χ3n) is 2.18. The molecule has 1 heterocycles. The first-order chi connectivity index (χ1) is 7.47. The molecule has 0 amide bonds. The van der Waals surface area contributed by atoms with Gasteiger partial charge in [0.15, 0.2) is 11.9 Å². The van der Waals surface area contributed by atoms with Crippen LogP contribution in [0.2, 0.25) is 0 Å². The van der Waals surface area contributed by atoms with E-state index in [1.165, 1.54) is 0 Å². The normalized spacial score (nSPS) is 19.8. The third kappa shape index (κ3) is 2.28. The van der Waals surface area contributed by atoms with Crippen LogP contribution in [-0.2, 0) is 19.1 Å². The molecule has 1 aliphatic heterocycles. The van der Waals surface area contributed by atoms with Gasteiger partial charge in [-0.2, -0.15) is 0 Å². The van der Waals surface area contributed by atoms with Gasteiger partial charge in [0.2, 0.25) is 0 Å². The molecule has 2 N–H and O–H groups in total. The van der Waals surface area contributed by atoms with E-state index in [1.807, 2.05) is 0 Å². The van der Waals surface area contributed by atoms with E-state index < -0.39 is 36.2 Å². The Morgan fingerprint density at radius 2 is 2.12 bits per heavy atom. The van der Waals surface area contributed by atoms with Crippen molar-refractivity contribution < 1.29 is 29.3 Å². The van der Waals surface area contributed by atoms with Crippen molar-refractivity contribution in [3.8, 4) is 0 Å². The summed E-state index contributed by atoms with van der Waals surface area (Å²) in [5.74, 6) is -4.25. The highest BCUT2D eigenvalue weighted by molar-refractivity contribution is 5.97. The Morgan fingerprint density at radius 3 is 2.44 bits per heavy atom. The standard InChI is InChI=1S/C10H10O6/c1-2-7(11)9-6(4-16-9)5(10(14)15)3-8(12)13/h2,4-5,9H,1,3H2,(H,12,13)(H,14,15). The van der Waals surface area contributed by atoms with Crippen molar-refractivity contribution in [1.29, 1.82) is 0 Å². The van der Waals surface area contributed by atoms with Crippen LogP contribution in [0.15, 0.2) is 24.5 Å². The lowest BCUT2D eigenvalue weighted by atomic mass is 9.88. The van der Waals surface area contributed by atoms with Crippen molar-refractivity contribution >= 4 is 17.7 Å². The zero-order valence-electron chi connectivity index (χ0n) is 8.25. The molecule has 0 aromatic carbocycles. The summed E-state index contributed by atoms with van der Waals surface area (Å²) in [4.78, 5) is 32.5. The van der Waals surface area contributed by atoms with Crippen molar-refractivity contribution in [3.05, 3.63) is 24.5 Å². The van der Waals surface area contributed by atoms with E-state index in [0.717, 1.165) is 12.3 Å². The fourth-order valence-corrected chi connectivity index (χ4v) is 1.34. The number of carboxylic acids is 2. The van der Waals surface area contributed by atoms with Gasteiger partial charge in [-0.25, -0.2) is 0 Å². The number of hydrogen-bond acceptors (Lipinski definition) is 4. The highest BCUT2D eigenvalue weighted by Crippen LogP contribution is 2.29. The monoisotopic (exact) mass is 226 g/mol. The van der Waals surface area contributed by atoms with Crippen LogP contribution in [0.1, 0.15) is 6.42 Å². The fourth-order valence-electron chi connectivity index (χ4n) is 1.34. The zero-order chi connectivity index (χ0) is 12.3. The third-order valence-corrected chi connectivity index (χ3v) is 2.18. The van der Waals surface area contributed by atoms with Crippen LogP contribution in [-0.4, -0.2) is 34.0 Å². The maximum atomic E-state index is 11.2. The first-order valence-electron chi connectivity index (χ1n) is 4.43. The molecule has 2 unspecified atom stereocenters. The second-order valence-electron chi connectivity index (χ2n) is 3.23. The summed E-state index contributed by atoms with van der Waals surface area (Å²) in [6.07, 6.45) is 0.536. The average molecular weight is 226 g/mol. The lowest BCUT2D eigenvalue weighted by Gasteiger charge is -2.29. The van der Waals surface area contributed by atoms with Crippen LogP contribution in [0.25, 0.3) is 0 Å². The molecule has 0 spiro atoms. The Bertz CT molecular complexity index is 381. The Balaban J connectivity index is 2.81. The Labute approximate surface area is 90.8 Å². The van der Waals surface area contributed by atoms with Crippen molar-refractivity contribution in [2.24, 2.45) is 5.92 Å². The summed E-state index contributed by atoms with van der Waals surface area (Å²) >= 11 is 0. The molecule has 6 heteroatoms. The summed E-state index contributed by atoms with van der Waals surface area (Å²) in [6.45, 7) is 3.24. The number of carbonyl (C=O) groups excluding carboxylic acids is 1. The summed E-state index contributed by atoms with van der Waals surface area (Å²) < 4.78 is 4.77. The van der Waals surface area contributed by atoms with Crippen molar-refractivity contribution in [2.45, 2.75) is 12.5 Å². The summed E-state index contributed by atoms with van der Waals surface area (Å²) in [7, 11) is 0. The first-order valence-corrected chi connectivity index (χ1v) is 4.43.